The number of benzene rings is 1. The Morgan fingerprint density at radius 3 is 2.50 bits per heavy atom. The Morgan fingerprint density at radius 2 is 1.91 bits per heavy atom. The first kappa shape index (κ1) is 16.3. The topological polar surface area (TPSA) is 84.9 Å². The number of carbonyl (C=O) groups excluding carboxylic acids is 1. The molecule has 1 aromatic rings. The van der Waals surface area contributed by atoms with E-state index in [0.29, 0.717) is 31.8 Å². The molecule has 0 aromatic heterocycles. The minimum absolute atomic E-state index is 0.105. The summed E-state index contributed by atoms with van der Waals surface area (Å²) in [5, 5.41) is 11.9. The molecule has 0 atom stereocenters. The van der Waals surface area contributed by atoms with Crippen molar-refractivity contribution >= 4 is 11.9 Å². The van der Waals surface area contributed by atoms with Crippen LogP contribution in [-0.2, 0) is 14.3 Å². The molecule has 1 aliphatic rings. The van der Waals surface area contributed by atoms with Crippen molar-refractivity contribution in [3.05, 3.63) is 29.8 Å². The van der Waals surface area contributed by atoms with Crippen LogP contribution in [0.2, 0.25) is 0 Å². The van der Waals surface area contributed by atoms with E-state index < -0.39 is 11.5 Å². The van der Waals surface area contributed by atoms with Crippen molar-refractivity contribution in [3.63, 3.8) is 0 Å². The Kier molecular flexibility index (Phi) is 5.38. The highest BCUT2D eigenvalue weighted by Gasteiger charge is 2.36. The zero-order valence-corrected chi connectivity index (χ0v) is 12.6. The predicted octanol–water partition coefficient (Wildman–Crippen LogP) is 1.51. The van der Waals surface area contributed by atoms with Crippen LogP contribution in [0.4, 0.5) is 0 Å². The Morgan fingerprint density at radius 1 is 1.27 bits per heavy atom. The summed E-state index contributed by atoms with van der Waals surface area (Å²) in [7, 11) is 0. The highest BCUT2D eigenvalue weighted by Crippen LogP contribution is 2.24. The molecule has 6 heteroatoms. The van der Waals surface area contributed by atoms with Crippen LogP contribution in [0.3, 0.4) is 0 Å². The van der Waals surface area contributed by atoms with Gasteiger partial charge in [-0.15, -0.1) is 0 Å². The fourth-order valence-corrected chi connectivity index (χ4v) is 2.51. The second kappa shape index (κ2) is 7.26. The summed E-state index contributed by atoms with van der Waals surface area (Å²) >= 11 is 0. The first-order chi connectivity index (χ1) is 10.5. The monoisotopic (exact) mass is 307 g/mol. The highest BCUT2D eigenvalue weighted by atomic mass is 16.5. The second-order valence-electron chi connectivity index (χ2n) is 5.61. The average molecular weight is 307 g/mol. The van der Waals surface area contributed by atoms with Crippen molar-refractivity contribution in [2.45, 2.75) is 31.7 Å². The largest absolute Gasteiger partial charge is 0.484 e. The number of rotatable bonds is 6. The van der Waals surface area contributed by atoms with Gasteiger partial charge in [0.25, 0.3) is 5.91 Å². The van der Waals surface area contributed by atoms with E-state index in [1.807, 2.05) is 19.1 Å². The van der Waals surface area contributed by atoms with Crippen LogP contribution in [0, 0.1) is 6.92 Å². The number of carboxylic acid groups (broad SMARTS) is 1. The fraction of sp³-hybridized carbons (Fsp3) is 0.500. The lowest BCUT2D eigenvalue weighted by molar-refractivity contribution is -0.140. The van der Waals surface area contributed by atoms with Crippen molar-refractivity contribution in [1.82, 2.24) is 5.32 Å². The van der Waals surface area contributed by atoms with Crippen LogP contribution in [0.1, 0.15) is 24.8 Å². The summed E-state index contributed by atoms with van der Waals surface area (Å²) in [6, 6.07) is 7.39. The molecule has 0 radical (unpaired) electrons. The van der Waals surface area contributed by atoms with E-state index in [1.54, 1.807) is 12.1 Å². The van der Waals surface area contributed by atoms with E-state index in [-0.39, 0.29) is 18.9 Å². The van der Waals surface area contributed by atoms with E-state index in [0.717, 1.165) is 5.56 Å². The molecule has 2 N–H and O–H groups in total. The van der Waals surface area contributed by atoms with Gasteiger partial charge in [0.1, 0.15) is 5.75 Å². The molecule has 2 rings (SSSR count). The molecular weight excluding hydrogens is 286 g/mol. The molecule has 6 nitrogen and oxygen atoms in total. The molecule has 1 amide bonds. The van der Waals surface area contributed by atoms with Crippen LogP contribution < -0.4 is 10.1 Å². The summed E-state index contributed by atoms with van der Waals surface area (Å²) in [6.07, 6.45) is 0.887. The number of amides is 1. The van der Waals surface area contributed by atoms with Crippen molar-refractivity contribution in [2.75, 3.05) is 19.8 Å². The quantitative estimate of drug-likeness (QED) is 0.832. The number of carbonyl (C=O) groups is 2. The van der Waals surface area contributed by atoms with Crippen molar-refractivity contribution in [2.24, 2.45) is 0 Å². The normalized spacial score (nSPS) is 16.8. The number of hydrogen-bond acceptors (Lipinski definition) is 4. The van der Waals surface area contributed by atoms with Gasteiger partial charge in [-0.2, -0.15) is 0 Å². The maximum Gasteiger partial charge on any atom is 0.305 e. The third kappa shape index (κ3) is 4.73. The van der Waals surface area contributed by atoms with Gasteiger partial charge in [-0.05, 0) is 31.9 Å². The minimum Gasteiger partial charge on any atom is -0.484 e. The average Bonchev–Trinajstić information content (AvgIpc) is 2.46. The van der Waals surface area contributed by atoms with Crippen LogP contribution >= 0.6 is 0 Å². The van der Waals surface area contributed by atoms with E-state index in [4.69, 9.17) is 14.6 Å². The number of nitrogens with one attached hydrogen (secondary N) is 1. The summed E-state index contributed by atoms with van der Waals surface area (Å²) < 4.78 is 10.7. The zero-order valence-electron chi connectivity index (χ0n) is 12.6. The molecule has 120 valence electrons. The van der Waals surface area contributed by atoms with E-state index in [1.165, 1.54) is 0 Å². The van der Waals surface area contributed by atoms with Crippen LogP contribution in [-0.4, -0.2) is 42.3 Å². The number of carboxylic acids is 1. The molecule has 0 spiro atoms. The maximum atomic E-state index is 12.1. The van der Waals surface area contributed by atoms with Gasteiger partial charge in [-0.3, -0.25) is 9.59 Å². The molecule has 22 heavy (non-hydrogen) atoms. The van der Waals surface area contributed by atoms with E-state index >= 15 is 0 Å². The molecule has 1 heterocycles. The lowest BCUT2D eigenvalue weighted by Gasteiger charge is -2.36. The Balaban J connectivity index is 1.90. The van der Waals surface area contributed by atoms with Gasteiger partial charge in [-0.1, -0.05) is 17.7 Å². The number of ether oxygens (including phenoxy) is 2. The van der Waals surface area contributed by atoms with Crippen molar-refractivity contribution in [3.8, 4) is 5.75 Å². The highest BCUT2D eigenvalue weighted by molar-refractivity contribution is 5.79. The molecule has 1 fully saturated rings. The molecule has 0 saturated carbocycles. The Bertz CT molecular complexity index is 520. The molecule has 0 bridgehead atoms. The summed E-state index contributed by atoms with van der Waals surface area (Å²) in [5.74, 6) is -0.634. The summed E-state index contributed by atoms with van der Waals surface area (Å²) in [4.78, 5) is 23.1. The Hall–Kier alpha value is -2.08. The predicted molar refractivity (Wildman–Crippen MR) is 79.9 cm³/mol. The summed E-state index contributed by atoms with van der Waals surface area (Å²) in [6.45, 7) is 2.74. The Labute approximate surface area is 129 Å². The van der Waals surface area contributed by atoms with Gasteiger partial charge in [0.05, 0.1) is 12.0 Å². The summed E-state index contributed by atoms with van der Waals surface area (Å²) in [5.41, 5.74) is 0.372. The number of hydrogen-bond donors (Lipinski definition) is 2. The second-order valence-corrected chi connectivity index (χ2v) is 5.61. The van der Waals surface area contributed by atoms with Gasteiger partial charge in [0, 0.05) is 13.2 Å². The van der Waals surface area contributed by atoms with Crippen LogP contribution in [0.5, 0.6) is 5.75 Å². The fourth-order valence-electron chi connectivity index (χ4n) is 2.51. The van der Waals surface area contributed by atoms with Gasteiger partial charge >= 0.3 is 5.97 Å². The SMILES string of the molecule is Cc1ccc(OCC(=O)NC2(CC(=O)O)CCOCC2)cc1. The van der Waals surface area contributed by atoms with E-state index in [2.05, 4.69) is 5.32 Å². The smallest absolute Gasteiger partial charge is 0.305 e. The van der Waals surface area contributed by atoms with Crippen LogP contribution in [0.25, 0.3) is 0 Å². The van der Waals surface area contributed by atoms with Gasteiger partial charge in [0.15, 0.2) is 6.61 Å². The molecular formula is C16H21NO5. The first-order valence-corrected chi connectivity index (χ1v) is 7.29. The minimum atomic E-state index is -0.929. The maximum absolute atomic E-state index is 12.1. The van der Waals surface area contributed by atoms with Gasteiger partial charge in [-0.25, -0.2) is 0 Å². The molecule has 1 saturated heterocycles. The molecule has 1 aromatic carbocycles. The molecule has 0 aliphatic carbocycles. The van der Waals surface area contributed by atoms with Crippen molar-refractivity contribution in [1.29, 1.82) is 0 Å². The third-order valence-electron chi connectivity index (χ3n) is 3.74. The standard InChI is InChI=1S/C16H21NO5/c1-12-2-4-13(5-3-12)22-11-14(18)17-16(10-15(19)20)6-8-21-9-7-16/h2-5H,6-11H2,1H3,(H,17,18)(H,19,20). The first-order valence-electron chi connectivity index (χ1n) is 7.29. The van der Waals surface area contributed by atoms with E-state index in [9.17, 15) is 9.59 Å². The van der Waals surface area contributed by atoms with Gasteiger partial charge < -0.3 is 19.9 Å². The number of aryl methyl sites for hydroxylation is 1. The lowest BCUT2D eigenvalue weighted by atomic mass is 9.86. The van der Waals surface area contributed by atoms with Crippen LogP contribution in [0.15, 0.2) is 24.3 Å². The zero-order chi connectivity index (χ0) is 16.0. The molecule has 1 aliphatic heterocycles. The lowest BCUT2D eigenvalue weighted by Crippen LogP contribution is -2.54. The molecule has 0 unspecified atom stereocenters. The van der Waals surface area contributed by atoms with Crippen molar-refractivity contribution < 1.29 is 24.2 Å². The van der Waals surface area contributed by atoms with Gasteiger partial charge in [0.2, 0.25) is 0 Å². The third-order valence-corrected chi connectivity index (χ3v) is 3.74. The number of aliphatic carboxylic acids is 1.